The number of ether oxygens (including phenoxy) is 1. The van der Waals surface area contributed by atoms with Gasteiger partial charge in [0.2, 0.25) is 10.0 Å². The van der Waals surface area contributed by atoms with E-state index in [0.717, 1.165) is 5.56 Å². The van der Waals surface area contributed by atoms with Crippen molar-refractivity contribution < 1.29 is 13.2 Å². The van der Waals surface area contributed by atoms with Crippen molar-refractivity contribution in [1.82, 2.24) is 9.73 Å². The first-order chi connectivity index (χ1) is 15.1. The van der Waals surface area contributed by atoms with E-state index in [0.29, 0.717) is 37.0 Å². The molecule has 0 saturated carbocycles. The largest absolute Gasteiger partial charge is 0.379 e. The molecule has 3 rings (SSSR count). The summed E-state index contributed by atoms with van der Waals surface area (Å²) in [5.74, 6) is 0. The Labute approximate surface area is 199 Å². The van der Waals surface area contributed by atoms with E-state index in [1.807, 2.05) is 12.1 Å². The quantitative estimate of drug-likeness (QED) is 0.371. The third-order valence-electron chi connectivity index (χ3n) is 4.95. The summed E-state index contributed by atoms with van der Waals surface area (Å²) >= 11 is 11.5. The first kappa shape index (κ1) is 24.6. The molecule has 1 fully saturated rings. The molecule has 0 radical (unpaired) electrons. The number of morpholine rings is 1. The van der Waals surface area contributed by atoms with Crippen molar-refractivity contribution in [2.45, 2.75) is 31.1 Å². The lowest BCUT2D eigenvalue weighted by atomic mass is 9.87. The molecular formula is C22H27ClN4O3S2. The van der Waals surface area contributed by atoms with Crippen LogP contribution in [0.3, 0.4) is 0 Å². The highest BCUT2D eigenvalue weighted by atomic mass is 35.5. The predicted molar refractivity (Wildman–Crippen MR) is 133 cm³/mol. The van der Waals surface area contributed by atoms with Crippen molar-refractivity contribution in [2.24, 2.45) is 5.10 Å². The minimum absolute atomic E-state index is 0.0858. The van der Waals surface area contributed by atoms with E-state index in [9.17, 15) is 8.42 Å². The van der Waals surface area contributed by atoms with Crippen molar-refractivity contribution in [3.63, 3.8) is 0 Å². The lowest BCUT2D eigenvalue weighted by Gasteiger charge is -2.26. The zero-order valence-corrected chi connectivity index (χ0v) is 20.6. The zero-order valence-electron chi connectivity index (χ0n) is 18.3. The second-order valence-electron chi connectivity index (χ2n) is 8.35. The lowest BCUT2D eigenvalue weighted by molar-refractivity contribution is 0.0730. The van der Waals surface area contributed by atoms with Gasteiger partial charge in [-0.1, -0.05) is 56.6 Å². The van der Waals surface area contributed by atoms with Gasteiger partial charge in [-0.15, -0.1) is 0 Å². The van der Waals surface area contributed by atoms with Gasteiger partial charge in [0.05, 0.1) is 35.0 Å². The Bertz CT molecular complexity index is 1090. The van der Waals surface area contributed by atoms with Crippen molar-refractivity contribution in [2.75, 3.05) is 31.6 Å². The minimum Gasteiger partial charge on any atom is -0.379 e. The second kappa shape index (κ2) is 10.3. The maximum absolute atomic E-state index is 12.9. The van der Waals surface area contributed by atoms with Gasteiger partial charge in [0.1, 0.15) is 0 Å². The van der Waals surface area contributed by atoms with Gasteiger partial charge in [0, 0.05) is 13.1 Å². The van der Waals surface area contributed by atoms with Gasteiger partial charge < -0.3 is 10.1 Å². The third-order valence-corrected chi connectivity index (χ3v) is 7.37. The Morgan fingerprint density at radius 2 is 1.81 bits per heavy atom. The number of nitrogens with zero attached hydrogens (tertiary/aromatic N) is 2. The molecule has 172 valence electrons. The van der Waals surface area contributed by atoms with Crippen LogP contribution in [0.1, 0.15) is 31.9 Å². The van der Waals surface area contributed by atoms with Crippen LogP contribution in [0, 0.1) is 0 Å². The molecule has 0 spiro atoms. The first-order valence-electron chi connectivity index (χ1n) is 10.2. The number of thiocarbonyl (C=S) groups is 1. The monoisotopic (exact) mass is 494 g/mol. The van der Waals surface area contributed by atoms with E-state index < -0.39 is 10.0 Å². The fourth-order valence-electron chi connectivity index (χ4n) is 3.08. The van der Waals surface area contributed by atoms with E-state index >= 15 is 0 Å². The van der Waals surface area contributed by atoms with Crippen LogP contribution >= 0.6 is 23.8 Å². The molecule has 0 amide bonds. The summed E-state index contributed by atoms with van der Waals surface area (Å²) in [5, 5.41) is 7.58. The third kappa shape index (κ3) is 6.26. The van der Waals surface area contributed by atoms with Crippen LogP contribution in [0.5, 0.6) is 0 Å². The number of hydrogen-bond acceptors (Lipinski definition) is 5. The normalized spacial score (nSPS) is 15.6. The predicted octanol–water partition coefficient (Wildman–Crippen LogP) is 3.98. The SMILES string of the molecule is CC(C)(C)c1ccc(C=NNC(=S)Nc2cc(S(=O)(=O)N3CCOCC3)ccc2Cl)cc1. The summed E-state index contributed by atoms with van der Waals surface area (Å²) in [6, 6.07) is 12.6. The van der Waals surface area contributed by atoms with Crippen LogP contribution < -0.4 is 10.7 Å². The maximum atomic E-state index is 12.9. The van der Waals surface area contributed by atoms with E-state index in [2.05, 4.69) is 48.7 Å². The molecule has 7 nitrogen and oxygen atoms in total. The lowest BCUT2D eigenvalue weighted by Crippen LogP contribution is -2.40. The molecule has 0 aromatic heterocycles. The highest BCUT2D eigenvalue weighted by molar-refractivity contribution is 7.89. The van der Waals surface area contributed by atoms with Crippen molar-refractivity contribution in [1.29, 1.82) is 0 Å². The Hall–Kier alpha value is -2.04. The summed E-state index contributed by atoms with van der Waals surface area (Å²) in [6.07, 6.45) is 1.65. The van der Waals surface area contributed by atoms with E-state index in [1.54, 1.807) is 6.21 Å². The van der Waals surface area contributed by atoms with E-state index in [4.69, 9.17) is 28.6 Å². The van der Waals surface area contributed by atoms with Crippen LogP contribution in [-0.4, -0.2) is 50.4 Å². The van der Waals surface area contributed by atoms with E-state index in [-0.39, 0.29) is 15.4 Å². The molecule has 2 aromatic rings. The van der Waals surface area contributed by atoms with Gasteiger partial charge in [0.25, 0.3) is 0 Å². The van der Waals surface area contributed by atoms with Gasteiger partial charge in [-0.3, -0.25) is 5.43 Å². The van der Waals surface area contributed by atoms with Gasteiger partial charge in [0.15, 0.2) is 5.11 Å². The summed E-state index contributed by atoms with van der Waals surface area (Å²) < 4.78 is 32.4. The topological polar surface area (TPSA) is 83.0 Å². The second-order valence-corrected chi connectivity index (χ2v) is 11.1. The number of sulfonamides is 1. The molecule has 0 atom stereocenters. The Kier molecular flexibility index (Phi) is 7.89. The van der Waals surface area contributed by atoms with Gasteiger partial charge in [-0.2, -0.15) is 9.41 Å². The molecule has 1 aliphatic heterocycles. The van der Waals surface area contributed by atoms with Crippen LogP contribution in [0.25, 0.3) is 0 Å². The maximum Gasteiger partial charge on any atom is 0.243 e. The molecule has 1 aliphatic rings. The summed E-state index contributed by atoms with van der Waals surface area (Å²) in [4.78, 5) is 0.136. The number of halogens is 1. The fraction of sp³-hybridized carbons (Fsp3) is 0.364. The Morgan fingerprint density at radius 3 is 2.44 bits per heavy atom. The Balaban J connectivity index is 1.64. The van der Waals surface area contributed by atoms with Crippen molar-refractivity contribution in [3.8, 4) is 0 Å². The van der Waals surface area contributed by atoms with Gasteiger partial charge in [-0.25, -0.2) is 8.42 Å². The highest BCUT2D eigenvalue weighted by Crippen LogP contribution is 2.27. The average Bonchev–Trinajstić information content (AvgIpc) is 2.75. The van der Waals surface area contributed by atoms with Crippen molar-refractivity contribution in [3.05, 3.63) is 58.6 Å². The molecule has 1 saturated heterocycles. The molecule has 1 heterocycles. The summed E-state index contributed by atoms with van der Waals surface area (Å²) in [6.45, 7) is 7.88. The molecule has 0 unspecified atom stereocenters. The molecule has 0 bridgehead atoms. The number of rotatable bonds is 5. The van der Waals surface area contributed by atoms with Gasteiger partial charge in [-0.05, 0) is 47.0 Å². The minimum atomic E-state index is -3.64. The zero-order chi connectivity index (χ0) is 23.4. The molecule has 2 N–H and O–H groups in total. The fourth-order valence-corrected chi connectivity index (χ4v) is 4.84. The first-order valence-corrected chi connectivity index (χ1v) is 12.4. The average molecular weight is 495 g/mol. The molecule has 10 heteroatoms. The number of anilines is 1. The molecular weight excluding hydrogens is 468 g/mol. The number of hydrogen-bond donors (Lipinski definition) is 2. The highest BCUT2D eigenvalue weighted by Gasteiger charge is 2.27. The number of benzene rings is 2. The summed E-state index contributed by atoms with van der Waals surface area (Å²) in [5.41, 5.74) is 5.35. The number of hydrazone groups is 1. The molecule has 2 aromatic carbocycles. The van der Waals surface area contributed by atoms with Crippen LogP contribution in [0.15, 0.2) is 52.5 Å². The van der Waals surface area contributed by atoms with Crippen molar-refractivity contribution >= 4 is 50.9 Å². The van der Waals surface area contributed by atoms with Crippen LogP contribution in [-0.2, 0) is 20.2 Å². The standard InChI is InChI=1S/C22H27ClN4O3S2/c1-22(2,3)17-6-4-16(5-7-17)15-24-26-21(31)25-20-14-18(8-9-19(20)23)32(28,29)27-10-12-30-13-11-27/h4-9,14-15H,10-13H2,1-3H3,(H2,25,26,31). The Morgan fingerprint density at radius 1 is 1.16 bits per heavy atom. The smallest absolute Gasteiger partial charge is 0.243 e. The van der Waals surface area contributed by atoms with Crippen LogP contribution in [0.4, 0.5) is 5.69 Å². The van der Waals surface area contributed by atoms with Gasteiger partial charge >= 0.3 is 0 Å². The number of nitrogens with one attached hydrogen (secondary N) is 2. The molecule has 32 heavy (non-hydrogen) atoms. The molecule has 0 aliphatic carbocycles. The van der Waals surface area contributed by atoms with E-state index in [1.165, 1.54) is 28.1 Å². The summed E-state index contributed by atoms with van der Waals surface area (Å²) in [7, 11) is -3.64. The van der Waals surface area contributed by atoms with Crippen LogP contribution in [0.2, 0.25) is 5.02 Å².